The zero-order valence-electron chi connectivity index (χ0n) is 12.3. The van der Waals surface area contributed by atoms with Gasteiger partial charge in [0.15, 0.2) is 23.2 Å². The van der Waals surface area contributed by atoms with E-state index < -0.39 is 24.5 Å². The minimum atomic E-state index is -1.15. The van der Waals surface area contributed by atoms with Gasteiger partial charge in [-0.1, -0.05) is 5.92 Å². The van der Waals surface area contributed by atoms with Gasteiger partial charge in [0.1, 0.15) is 24.6 Å². The van der Waals surface area contributed by atoms with Crippen LogP contribution in [0.3, 0.4) is 0 Å². The van der Waals surface area contributed by atoms with Crippen molar-refractivity contribution in [2.45, 2.75) is 49.8 Å². The number of hydrogen-bond acceptors (Lipinski definition) is 7. The summed E-state index contributed by atoms with van der Waals surface area (Å²) in [5.41, 5.74) is 1.13. The van der Waals surface area contributed by atoms with E-state index in [-0.39, 0.29) is 0 Å². The second-order valence-electron chi connectivity index (χ2n) is 5.91. The maximum Gasteiger partial charge on any atom is 0.167 e. The molecule has 2 aliphatic rings. The lowest BCUT2D eigenvalue weighted by Gasteiger charge is -2.26. The van der Waals surface area contributed by atoms with Gasteiger partial charge in [-0.25, -0.2) is 15.0 Å². The summed E-state index contributed by atoms with van der Waals surface area (Å²) in [7, 11) is 0. The number of anilines is 1. The van der Waals surface area contributed by atoms with Crippen molar-refractivity contribution in [2.24, 2.45) is 0 Å². The number of hydrogen-bond donors (Lipinski definition) is 3. The average molecular weight is 315 g/mol. The van der Waals surface area contributed by atoms with E-state index in [0.29, 0.717) is 23.0 Å². The topological polar surface area (TPSA) is 105 Å². The average Bonchev–Trinajstić information content (AvgIpc) is 3.06. The molecular formula is C15H17N5O3. The molecule has 0 unspecified atom stereocenters. The molecule has 0 radical (unpaired) electrons. The number of nitrogens with zero attached hydrogens (tertiary/aromatic N) is 4. The highest BCUT2D eigenvalue weighted by atomic mass is 16.6. The summed E-state index contributed by atoms with van der Waals surface area (Å²) in [5, 5.41) is 23.4. The highest BCUT2D eigenvalue weighted by Gasteiger charge is 2.43. The van der Waals surface area contributed by atoms with Crippen LogP contribution in [-0.4, -0.2) is 54.1 Å². The molecule has 2 aromatic rings. The van der Waals surface area contributed by atoms with Crippen LogP contribution in [0.4, 0.5) is 5.82 Å². The number of nitrogens with one attached hydrogen (secondary N) is 1. The van der Waals surface area contributed by atoms with Crippen LogP contribution in [0.1, 0.15) is 25.5 Å². The van der Waals surface area contributed by atoms with Gasteiger partial charge in [0.25, 0.3) is 0 Å². The molecule has 1 aliphatic carbocycles. The zero-order chi connectivity index (χ0) is 16.0. The van der Waals surface area contributed by atoms with Crippen molar-refractivity contribution in [3.63, 3.8) is 0 Å². The number of ether oxygens (including phenoxy) is 1. The maximum absolute atomic E-state index is 10.2. The van der Waals surface area contributed by atoms with Crippen molar-refractivity contribution < 1.29 is 14.9 Å². The standard InChI is InChI=1S/C15H17N5O3/c1-2-9-11(21)12(22)15(23-9)20-7-18-10-13(16-6-17-14(10)20)19-8-4-3-5-8/h1,6-9,11-12,15,21-22H,3-5H2,(H,16,17,19)/t9-,11+,12-,15-/m1/s1. The first-order valence-electron chi connectivity index (χ1n) is 7.61. The molecule has 1 aliphatic heterocycles. The Morgan fingerprint density at radius 2 is 2.09 bits per heavy atom. The van der Waals surface area contributed by atoms with Gasteiger partial charge in [0, 0.05) is 6.04 Å². The molecule has 1 saturated heterocycles. The Hall–Kier alpha value is -2.21. The molecule has 23 heavy (non-hydrogen) atoms. The predicted molar refractivity (Wildman–Crippen MR) is 81.3 cm³/mol. The Kier molecular flexibility index (Phi) is 3.41. The summed E-state index contributed by atoms with van der Waals surface area (Å²) in [6.45, 7) is 0. The van der Waals surface area contributed by atoms with Crippen molar-refractivity contribution >= 4 is 17.0 Å². The first kappa shape index (κ1) is 14.4. The molecule has 120 valence electrons. The van der Waals surface area contributed by atoms with Gasteiger partial charge >= 0.3 is 0 Å². The van der Waals surface area contributed by atoms with Crippen LogP contribution in [0.5, 0.6) is 0 Å². The van der Waals surface area contributed by atoms with E-state index in [1.54, 1.807) is 4.57 Å². The van der Waals surface area contributed by atoms with E-state index in [9.17, 15) is 10.2 Å². The zero-order valence-corrected chi connectivity index (χ0v) is 12.3. The minimum absolute atomic E-state index is 0.416. The second kappa shape index (κ2) is 5.45. The third-order valence-corrected chi connectivity index (χ3v) is 4.48. The monoisotopic (exact) mass is 315 g/mol. The Morgan fingerprint density at radius 3 is 2.74 bits per heavy atom. The first-order chi connectivity index (χ1) is 11.2. The molecule has 3 N–H and O–H groups in total. The fourth-order valence-corrected chi connectivity index (χ4v) is 2.92. The van der Waals surface area contributed by atoms with E-state index in [4.69, 9.17) is 11.2 Å². The summed E-state index contributed by atoms with van der Waals surface area (Å²) in [5.74, 6) is 2.99. The smallest absolute Gasteiger partial charge is 0.167 e. The molecule has 0 aromatic carbocycles. The molecule has 0 spiro atoms. The Morgan fingerprint density at radius 1 is 1.26 bits per heavy atom. The molecule has 2 fully saturated rings. The first-order valence-corrected chi connectivity index (χ1v) is 7.61. The molecule has 4 rings (SSSR count). The number of terminal acetylenes is 1. The van der Waals surface area contributed by atoms with Gasteiger partial charge in [-0.3, -0.25) is 4.57 Å². The van der Waals surface area contributed by atoms with E-state index >= 15 is 0 Å². The van der Waals surface area contributed by atoms with Crippen LogP contribution in [0.2, 0.25) is 0 Å². The predicted octanol–water partition coefficient (Wildman–Crippen LogP) is 0.0431. The summed E-state index contributed by atoms with van der Waals surface area (Å²) >= 11 is 0. The van der Waals surface area contributed by atoms with E-state index in [0.717, 1.165) is 12.8 Å². The summed E-state index contributed by atoms with van der Waals surface area (Å²) < 4.78 is 7.12. The summed E-state index contributed by atoms with van der Waals surface area (Å²) in [6.07, 6.45) is 7.74. The summed E-state index contributed by atoms with van der Waals surface area (Å²) in [4.78, 5) is 12.8. The molecule has 2 aromatic heterocycles. The van der Waals surface area contributed by atoms with Gasteiger partial charge in [0.2, 0.25) is 0 Å². The largest absolute Gasteiger partial charge is 0.386 e. The van der Waals surface area contributed by atoms with Crippen LogP contribution in [0, 0.1) is 12.3 Å². The number of aromatic nitrogens is 4. The number of fused-ring (bicyclic) bond motifs is 1. The molecule has 0 bridgehead atoms. The minimum Gasteiger partial charge on any atom is -0.386 e. The van der Waals surface area contributed by atoms with Gasteiger partial charge < -0.3 is 20.3 Å². The number of aliphatic hydroxyl groups excluding tert-OH is 2. The quantitative estimate of drug-likeness (QED) is 0.687. The normalized spacial score (nSPS) is 31.0. The van der Waals surface area contributed by atoms with E-state index in [1.165, 1.54) is 19.1 Å². The fourth-order valence-electron chi connectivity index (χ4n) is 2.92. The van der Waals surface area contributed by atoms with E-state index in [1.807, 2.05) is 0 Å². The van der Waals surface area contributed by atoms with Crippen LogP contribution in [0.15, 0.2) is 12.7 Å². The van der Waals surface area contributed by atoms with Crippen LogP contribution in [-0.2, 0) is 4.74 Å². The molecule has 1 saturated carbocycles. The lowest BCUT2D eigenvalue weighted by atomic mass is 9.93. The van der Waals surface area contributed by atoms with Crippen molar-refractivity contribution in [2.75, 3.05) is 5.32 Å². The molecule has 0 amide bonds. The number of rotatable bonds is 3. The molecule has 8 heteroatoms. The molecule has 3 heterocycles. The third kappa shape index (κ3) is 2.25. The van der Waals surface area contributed by atoms with Crippen molar-refractivity contribution in [3.8, 4) is 12.3 Å². The van der Waals surface area contributed by atoms with Gasteiger partial charge in [-0.05, 0) is 19.3 Å². The van der Waals surface area contributed by atoms with Crippen LogP contribution < -0.4 is 5.32 Å². The lowest BCUT2D eigenvalue weighted by molar-refractivity contribution is -0.0230. The highest BCUT2D eigenvalue weighted by Crippen LogP contribution is 2.32. The Labute approximate surface area is 132 Å². The van der Waals surface area contributed by atoms with Crippen molar-refractivity contribution in [1.29, 1.82) is 0 Å². The van der Waals surface area contributed by atoms with Gasteiger partial charge in [-0.2, -0.15) is 0 Å². The number of aliphatic hydroxyl groups is 2. The summed E-state index contributed by atoms with van der Waals surface area (Å²) in [6, 6.07) is 0.416. The van der Waals surface area contributed by atoms with Crippen LogP contribution >= 0.6 is 0 Å². The van der Waals surface area contributed by atoms with Gasteiger partial charge in [-0.15, -0.1) is 6.42 Å². The third-order valence-electron chi connectivity index (χ3n) is 4.48. The number of imidazole rings is 1. The highest BCUT2D eigenvalue weighted by molar-refractivity contribution is 5.82. The van der Waals surface area contributed by atoms with Crippen LogP contribution in [0.25, 0.3) is 11.2 Å². The second-order valence-corrected chi connectivity index (χ2v) is 5.91. The van der Waals surface area contributed by atoms with Crippen molar-refractivity contribution in [3.05, 3.63) is 12.7 Å². The Balaban J connectivity index is 1.69. The molecule has 8 nitrogen and oxygen atoms in total. The molecule has 4 atom stereocenters. The SMILES string of the molecule is C#C[C@H]1O[C@@H](n2cnc3c(NC4CCC4)ncnc32)[C@H](O)[C@H]1O. The Bertz CT molecular complexity index is 766. The fraction of sp³-hybridized carbons (Fsp3) is 0.533. The maximum atomic E-state index is 10.2. The van der Waals surface area contributed by atoms with Gasteiger partial charge in [0.05, 0.1) is 6.33 Å². The molecular weight excluding hydrogens is 298 g/mol. The van der Waals surface area contributed by atoms with E-state index in [2.05, 4.69) is 26.2 Å². The van der Waals surface area contributed by atoms with Crippen molar-refractivity contribution in [1.82, 2.24) is 19.5 Å². The lowest BCUT2D eigenvalue weighted by Crippen LogP contribution is -2.30.